The van der Waals surface area contributed by atoms with Crippen LogP contribution in [0.15, 0.2) is 47.4 Å². The molecule has 0 aliphatic heterocycles. The molecule has 0 radical (unpaired) electrons. The number of rotatable bonds is 6. The summed E-state index contributed by atoms with van der Waals surface area (Å²) in [7, 11) is -3.32. The number of aromatic nitrogens is 4. The molecule has 12 heteroatoms. The smallest absolute Gasteiger partial charge is 0.312 e. The van der Waals surface area contributed by atoms with Gasteiger partial charge in [-0.25, -0.2) is 8.42 Å². The fourth-order valence-electron chi connectivity index (χ4n) is 2.23. The highest BCUT2D eigenvalue weighted by Gasteiger charge is 2.18. The standard InChI is InChI=1S/C15H12ClN5O5S/c1-27(24,25)12-5-3-11(4-6-12)20-15(17-18-19-20)9-26-14-7-2-10(16)8-13(14)21(22)23/h2-8H,9H2,1H3. The predicted octanol–water partition coefficient (Wildman–Crippen LogP) is 2.21. The number of halogens is 1. The summed E-state index contributed by atoms with van der Waals surface area (Å²) in [5.41, 5.74) is 0.232. The van der Waals surface area contributed by atoms with E-state index in [4.69, 9.17) is 16.3 Å². The van der Waals surface area contributed by atoms with E-state index >= 15 is 0 Å². The molecule has 0 aliphatic rings. The average Bonchev–Trinajstić information content (AvgIpc) is 3.08. The van der Waals surface area contributed by atoms with E-state index in [0.717, 1.165) is 6.26 Å². The first-order valence-electron chi connectivity index (χ1n) is 7.40. The van der Waals surface area contributed by atoms with Crippen LogP contribution in [-0.4, -0.2) is 39.8 Å². The van der Waals surface area contributed by atoms with Gasteiger partial charge in [-0.05, 0) is 46.8 Å². The SMILES string of the molecule is CS(=O)(=O)c1ccc(-n2nnnc2COc2ccc(Cl)cc2[N+](=O)[O-])cc1. The molecule has 3 rings (SSSR count). The highest BCUT2D eigenvalue weighted by Crippen LogP contribution is 2.30. The van der Waals surface area contributed by atoms with E-state index < -0.39 is 14.8 Å². The molecule has 0 unspecified atom stereocenters. The molecule has 0 amide bonds. The van der Waals surface area contributed by atoms with Crippen molar-refractivity contribution in [2.24, 2.45) is 0 Å². The number of hydrogen-bond donors (Lipinski definition) is 0. The lowest BCUT2D eigenvalue weighted by atomic mass is 10.3. The maximum Gasteiger partial charge on any atom is 0.312 e. The Bertz CT molecular complexity index is 1100. The van der Waals surface area contributed by atoms with Gasteiger partial charge in [-0.3, -0.25) is 10.1 Å². The lowest BCUT2D eigenvalue weighted by molar-refractivity contribution is -0.385. The van der Waals surface area contributed by atoms with Crippen LogP contribution in [0.2, 0.25) is 5.02 Å². The first-order valence-corrected chi connectivity index (χ1v) is 9.67. The van der Waals surface area contributed by atoms with Crippen LogP contribution >= 0.6 is 11.6 Å². The van der Waals surface area contributed by atoms with Gasteiger partial charge < -0.3 is 4.74 Å². The molecule has 0 fully saturated rings. The molecule has 0 aliphatic carbocycles. The van der Waals surface area contributed by atoms with Crippen molar-refractivity contribution < 1.29 is 18.1 Å². The van der Waals surface area contributed by atoms with Gasteiger partial charge in [0.15, 0.2) is 28.0 Å². The Morgan fingerprint density at radius 2 is 1.93 bits per heavy atom. The van der Waals surface area contributed by atoms with Crippen LogP contribution in [-0.2, 0) is 16.4 Å². The topological polar surface area (TPSA) is 130 Å². The molecule has 0 bridgehead atoms. The molecule has 1 aromatic heterocycles. The van der Waals surface area contributed by atoms with Crippen LogP contribution in [0.5, 0.6) is 5.75 Å². The average molecular weight is 410 g/mol. The summed E-state index contributed by atoms with van der Waals surface area (Å²) in [5.74, 6) is 0.290. The van der Waals surface area contributed by atoms with Crippen molar-refractivity contribution in [3.05, 3.63) is 63.4 Å². The molecule has 3 aromatic rings. The number of tetrazole rings is 1. The van der Waals surface area contributed by atoms with Gasteiger partial charge in [0.2, 0.25) is 0 Å². The van der Waals surface area contributed by atoms with Crippen molar-refractivity contribution in [3.63, 3.8) is 0 Å². The molecular weight excluding hydrogens is 398 g/mol. The molecular formula is C15H12ClN5O5S. The van der Waals surface area contributed by atoms with Gasteiger partial charge in [0, 0.05) is 17.3 Å². The Morgan fingerprint density at radius 3 is 2.56 bits per heavy atom. The lowest BCUT2D eigenvalue weighted by Crippen LogP contribution is -2.08. The third-order valence-corrected chi connectivity index (χ3v) is 4.88. The second kappa shape index (κ2) is 7.29. The normalized spacial score (nSPS) is 11.3. The molecule has 0 N–H and O–H groups in total. The second-order valence-electron chi connectivity index (χ2n) is 5.43. The minimum atomic E-state index is -3.32. The lowest BCUT2D eigenvalue weighted by Gasteiger charge is -2.08. The summed E-state index contributed by atoms with van der Waals surface area (Å²) in [4.78, 5) is 10.7. The number of hydrogen-bond acceptors (Lipinski definition) is 8. The van der Waals surface area contributed by atoms with Crippen molar-refractivity contribution in [2.75, 3.05) is 6.26 Å². The molecule has 0 saturated heterocycles. The third kappa shape index (κ3) is 4.20. The van der Waals surface area contributed by atoms with Crippen molar-refractivity contribution in [2.45, 2.75) is 11.5 Å². The summed E-state index contributed by atoms with van der Waals surface area (Å²) in [6.07, 6.45) is 1.11. The van der Waals surface area contributed by atoms with E-state index in [1.807, 2.05) is 0 Å². The molecule has 0 spiro atoms. The zero-order valence-corrected chi connectivity index (χ0v) is 15.4. The van der Waals surface area contributed by atoms with Gasteiger partial charge >= 0.3 is 5.69 Å². The molecule has 0 atom stereocenters. The Labute approximate surface area is 158 Å². The van der Waals surface area contributed by atoms with Gasteiger partial charge in [-0.2, -0.15) is 4.68 Å². The maximum absolute atomic E-state index is 11.5. The van der Waals surface area contributed by atoms with Gasteiger partial charge in [0.1, 0.15) is 0 Å². The van der Waals surface area contributed by atoms with Crippen LogP contribution in [0, 0.1) is 10.1 Å². The third-order valence-electron chi connectivity index (χ3n) is 3.52. The van der Waals surface area contributed by atoms with E-state index in [2.05, 4.69) is 15.5 Å². The van der Waals surface area contributed by atoms with Crippen LogP contribution in [0.3, 0.4) is 0 Å². The Morgan fingerprint density at radius 1 is 1.22 bits per heavy atom. The fraction of sp³-hybridized carbons (Fsp3) is 0.133. The second-order valence-corrected chi connectivity index (χ2v) is 7.88. The monoisotopic (exact) mass is 409 g/mol. The van der Waals surface area contributed by atoms with E-state index in [1.54, 1.807) is 12.1 Å². The van der Waals surface area contributed by atoms with Gasteiger partial charge in [-0.1, -0.05) is 11.6 Å². The number of ether oxygens (including phenoxy) is 1. The number of sulfone groups is 1. The largest absolute Gasteiger partial charge is 0.478 e. The van der Waals surface area contributed by atoms with Gasteiger partial charge in [-0.15, -0.1) is 5.10 Å². The van der Waals surface area contributed by atoms with Crippen molar-refractivity contribution in [1.82, 2.24) is 20.2 Å². The summed E-state index contributed by atoms with van der Waals surface area (Å²) in [6, 6.07) is 9.99. The quantitative estimate of drug-likeness (QED) is 0.447. The van der Waals surface area contributed by atoms with E-state index in [-0.39, 0.29) is 33.8 Å². The van der Waals surface area contributed by atoms with Crippen molar-refractivity contribution in [1.29, 1.82) is 0 Å². The van der Waals surface area contributed by atoms with Gasteiger partial charge in [0.25, 0.3) is 0 Å². The summed E-state index contributed by atoms with van der Waals surface area (Å²) in [5, 5.41) is 22.6. The van der Waals surface area contributed by atoms with Gasteiger partial charge in [0.05, 0.1) is 15.5 Å². The van der Waals surface area contributed by atoms with Crippen molar-refractivity contribution >= 4 is 27.1 Å². The van der Waals surface area contributed by atoms with Crippen LogP contribution in [0.4, 0.5) is 5.69 Å². The van der Waals surface area contributed by atoms with E-state index in [0.29, 0.717) is 5.69 Å². The highest BCUT2D eigenvalue weighted by atomic mass is 35.5. The van der Waals surface area contributed by atoms with Crippen LogP contribution in [0.25, 0.3) is 5.69 Å². The minimum Gasteiger partial charge on any atom is -0.478 e. The fourth-order valence-corrected chi connectivity index (χ4v) is 3.03. The zero-order valence-electron chi connectivity index (χ0n) is 13.8. The Kier molecular flexibility index (Phi) is 5.06. The number of nitro benzene ring substituents is 1. The zero-order chi connectivity index (χ0) is 19.6. The summed E-state index contributed by atoms with van der Waals surface area (Å²) < 4.78 is 29.9. The molecule has 0 saturated carbocycles. The predicted molar refractivity (Wildman–Crippen MR) is 94.7 cm³/mol. The molecule has 140 valence electrons. The molecule has 1 heterocycles. The molecule has 27 heavy (non-hydrogen) atoms. The molecule has 2 aromatic carbocycles. The first-order chi connectivity index (χ1) is 12.8. The Hall–Kier alpha value is -3.05. The Balaban J connectivity index is 1.84. The number of nitro groups is 1. The van der Waals surface area contributed by atoms with Crippen molar-refractivity contribution in [3.8, 4) is 11.4 Å². The first kappa shape index (κ1) is 18.7. The van der Waals surface area contributed by atoms with Crippen LogP contribution in [0.1, 0.15) is 5.82 Å². The van der Waals surface area contributed by atoms with Crippen LogP contribution < -0.4 is 4.74 Å². The number of nitrogens with zero attached hydrogens (tertiary/aromatic N) is 5. The summed E-state index contributed by atoms with van der Waals surface area (Å²) in [6.45, 7) is -0.150. The highest BCUT2D eigenvalue weighted by molar-refractivity contribution is 7.90. The number of benzene rings is 2. The minimum absolute atomic E-state index is 0.0198. The maximum atomic E-state index is 11.5. The summed E-state index contributed by atoms with van der Waals surface area (Å²) >= 11 is 5.77. The van der Waals surface area contributed by atoms with E-state index in [9.17, 15) is 18.5 Å². The molecule has 10 nitrogen and oxygen atoms in total. The van der Waals surface area contributed by atoms with E-state index in [1.165, 1.54) is 35.0 Å².